The van der Waals surface area contributed by atoms with E-state index in [0.717, 1.165) is 34.4 Å². The first-order valence-corrected chi connectivity index (χ1v) is 8.52. The van der Waals surface area contributed by atoms with Gasteiger partial charge in [0.1, 0.15) is 10.6 Å². The predicted molar refractivity (Wildman–Crippen MR) is 91.4 cm³/mol. The summed E-state index contributed by atoms with van der Waals surface area (Å²) >= 11 is 1.77. The predicted octanol–water partition coefficient (Wildman–Crippen LogP) is 3.57. The molecule has 3 heterocycles. The Kier molecular flexibility index (Phi) is 3.64. The number of hydrogen-bond donors (Lipinski definition) is 1. The summed E-state index contributed by atoms with van der Waals surface area (Å²) in [6.45, 7) is 0.597. The highest BCUT2D eigenvalue weighted by molar-refractivity contribution is 7.19. The number of nitriles is 1. The van der Waals surface area contributed by atoms with Crippen LogP contribution in [0.1, 0.15) is 23.3 Å². The third-order valence-corrected chi connectivity index (χ3v) is 5.20. The highest BCUT2D eigenvalue weighted by atomic mass is 32.1. The maximum Gasteiger partial charge on any atom is 0.164 e. The number of rotatable bonds is 4. The zero-order valence-corrected chi connectivity index (χ0v) is 13.4. The van der Waals surface area contributed by atoms with Crippen molar-refractivity contribution in [2.45, 2.75) is 25.7 Å². The molecule has 3 aromatic heterocycles. The molecule has 0 fully saturated rings. The molecule has 1 aliphatic rings. The third kappa shape index (κ3) is 2.53. The van der Waals surface area contributed by atoms with Crippen molar-refractivity contribution in [2.75, 3.05) is 11.9 Å². The Morgan fingerprint density at radius 3 is 3.09 bits per heavy atom. The SMILES string of the molecule is N#CCCNc1nc(-c2cccnc2)nc2sc3c(c12)CCC3. The van der Waals surface area contributed by atoms with Gasteiger partial charge in [-0.05, 0) is 37.0 Å². The van der Waals surface area contributed by atoms with Crippen LogP contribution in [0.2, 0.25) is 0 Å². The number of aromatic nitrogens is 3. The van der Waals surface area contributed by atoms with E-state index in [0.29, 0.717) is 18.8 Å². The lowest BCUT2D eigenvalue weighted by Gasteiger charge is -2.09. The molecule has 0 bridgehead atoms. The molecule has 4 rings (SSSR count). The van der Waals surface area contributed by atoms with Gasteiger partial charge in [-0.15, -0.1) is 11.3 Å². The minimum atomic E-state index is 0.458. The number of aryl methyl sites for hydroxylation is 2. The Morgan fingerprint density at radius 1 is 1.30 bits per heavy atom. The fourth-order valence-electron chi connectivity index (χ4n) is 2.98. The summed E-state index contributed by atoms with van der Waals surface area (Å²) in [5.41, 5.74) is 2.30. The molecular formula is C17H15N5S. The number of nitrogens with zero attached hydrogens (tertiary/aromatic N) is 4. The average Bonchev–Trinajstić information content (AvgIpc) is 3.16. The first-order chi connectivity index (χ1) is 11.4. The lowest BCUT2D eigenvalue weighted by molar-refractivity contribution is 0.917. The largest absolute Gasteiger partial charge is 0.368 e. The normalized spacial score (nSPS) is 13.0. The number of pyridine rings is 1. The van der Waals surface area contributed by atoms with Crippen molar-refractivity contribution in [3.8, 4) is 17.5 Å². The van der Waals surface area contributed by atoms with Gasteiger partial charge in [-0.25, -0.2) is 9.97 Å². The summed E-state index contributed by atoms with van der Waals surface area (Å²) in [7, 11) is 0. The minimum Gasteiger partial charge on any atom is -0.368 e. The second-order valence-electron chi connectivity index (χ2n) is 5.51. The first kappa shape index (κ1) is 14.1. The molecule has 0 saturated heterocycles. The molecule has 0 radical (unpaired) electrons. The van der Waals surface area contributed by atoms with Gasteiger partial charge in [0.15, 0.2) is 5.82 Å². The van der Waals surface area contributed by atoms with E-state index in [4.69, 9.17) is 15.2 Å². The Hall–Kier alpha value is -2.52. The van der Waals surface area contributed by atoms with E-state index in [-0.39, 0.29) is 0 Å². The summed E-state index contributed by atoms with van der Waals surface area (Å²) in [6.07, 6.45) is 7.42. The summed E-state index contributed by atoms with van der Waals surface area (Å²) in [5, 5.41) is 13.2. The van der Waals surface area contributed by atoms with Gasteiger partial charge in [-0.3, -0.25) is 4.98 Å². The van der Waals surface area contributed by atoms with E-state index in [9.17, 15) is 0 Å². The molecular weight excluding hydrogens is 306 g/mol. The van der Waals surface area contributed by atoms with E-state index < -0.39 is 0 Å². The van der Waals surface area contributed by atoms with Crippen LogP contribution in [0.5, 0.6) is 0 Å². The highest BCUT2D eigenvalue weighted by Crippen LogP contribution is 2.40. The first-order valence-electron chi connectivity index (χ1n) is 7.70. The second-order valence-corrected chi connectivity index (χ2v) is 6.59. The van der Waals surface area contributed by atoms with Crippen molar-refractivity contribution < 1.29 is 0 Å². The zero-order valence-electron chi connectivity index (χ0n) is 12.5. The van der Waals surface area contributed by atoms with Gasteiger partial charge < -0.3 is 5.32 Å². The lowest BCUT2D eigenvalue weighted by Crippen LogP contribution is -2.05. The summed E-state index contributed by atoms with van der Waals surface area (Å²) in [4.78, 5) is 16.1. The topological polar surface area (TPSA) is 74.5 Å². The molecule has 0 aromatic carbocycles. The monoisotopic (exact) mass is 321 g/mol. The molecule has 3 aromatic rings. The number of anilines is 1. The van der Waals surface area contributed by atoms with Gasteiger partial charge in [0.25, 0.3) is 0 Å². The van der Waals surface area contributed by atoms with Crippen LogP contribution in [0.3, 0.4) is 0 Å². The minimum absolute atomic E-state index is 0.458. The van der Waals surface area contributed by atoms with Crippen molar-refractivity contribution in [3.63, 3.8) is 0 Å². The third-order valence-electron chi connectivity index (χ3n) is 4.01. The lowest BCUT2D eigenvalue weighted by atomic mass is 10.2. The van der Waals surface area contributed by atoms with Crippen LogP contribution in [0.4, 0.5) is 5.82 Å². The Labute approximate surface area is 138 Å². The Balaban J connectivity index is 1.86. The van der Waals surface area contributed by atoms with Gasteiger partial charge in [0, 0.05) is 29.4 Å². The molecule has 5 nitrogen and oxygen atoms in total. The van der Waals surface area contributed by atoms with Crippen LogP contribution < -0.4 is 5.32 Å². The van der Waals surface area contributed by atoms with Gasteiger partial charge in [0.2, 0.25) is 0 Å². The summed E-state index contributed by atoms with van der Waals surface area (Å²) in [6, 6.07) is 6.02. The number of fused-ring (bicyclic) bond motifs is 3. The average molecular weight is 321 g/mol. The highest BCUT2D eigenvalue weighted by Gasteiger charge is 2.22. The maximum absolute atomic E-state index is 8.78. The second kappa shape index (κ2) is 5.94. The molecule has 0 spiro atoms. The van der Waals surface area contributed by atoms with Gasteiger partial charge in [-0.1, -0.05) is 0 Å². The fraction of sp³-hybridized carbons (Fsp3) is 0.294. The molecule has 0 unspecified atom stereocenters. The van der Waals surface area contributed by atoms with Crippen molar-refractivity contribution >= 4 is 27.4 Å². The summed E-state index contributed by atoms with van der Waals surface area (Å²) < 4.78 is 0. The molecule has 0 aliphatic heterocycles. The standard InChI is InChI=1S/C17H15N5S/c18-7-3-9-20-16-14-12-5-1-6-13(12)23-17(14)22-15(21-16)11-4-2-8-19-10-11/h2,4,8,10H,1,3,5-6,9H2,(H,20,21,22). The van der Waals surface area contributed by atoms with E-state index >= 15 is 0 Å². The van der Waals surface area contributed by atoms with Crippen LogP contribution in [0.25, 0.3) is 21.6 Å². The number of thiophene rings is 1. The van der Waals surface area contributed by atoms with Crippen molar-refractivity contribution in [2.24, 2.45) is 0 Å². The zero-order chi connectivity index (χ0) is 15.6. The molecule has 0 saturated carbocycles. The number of hydrogen-bond acceptors (Lipinski definition) is 6. The Bertz CT molecular complexity index is 895. The van der Waals surface area contributed by atoms with Crippen LogP contribution in [-0.2, 0) is 12.8 Å². The van der Waals surface area contributed by atoms with Gasteiger partial charge in [-0.2, -0.15) is 5.26 Å². The van der Waals surface area contributed by atoms with Crippen molar-refractivity contribution in [1.29, 1.82) is 5.26 Å². The molecule has 6 heteroatoms. The quantitative estimate of drug-likeness (QED) is 0.744. The van der Waals surface area contributed by atoms with Crippen molar-refractivity contribution in [1.82, 2.24) is 15.0 Å². The van der Waals surface area contributed by atoms with Gasteiger partial charge >= 0.3 is 0 Å². The fourth-order valence-corrected chi connectivity index (χ4v) is 4.25. The molecule has 1 aliphatic carbocycles. The van der Waals surface area contributed by atoms with E-state index in [2.05, 4.69) is 16.4 Å². The van der Waals surface area contributed by atoms with Gasteiger partial charge in [0.05, 0.1) is 17.9 Å². The van der Waals surface area contributed by atoms with E-state index in [1.165, 1.54) is 16.9 Å². The molecule has 23 heavy (non-hydrogen) atoms. The molecule has 114 valence electrons. The van der Waals surface area contributed by atoms with E-state index in [1.54, 1.807) is 23.7 Å². The Morgan fingerprint density at radius 2 is 2.26 bits per heavy atom. The van der Waals surface area contributed by atoms with Crippen LogP contribution in [0, 0.1) is 11.3 Å². The molecule has 0 atom stereocenters. The van der Waals surface area contributed by atoms with Crippen LogP contribution in [-0.4, -0.2) is 21.5 Å². The van der Waals surface area contributed by atoms with Crippen molar-refractivity contribution in [3.05, 3.63) is 35.0 Å². The number of nitrogens with one attached hydrogen (secondary N) is 1. The van der Waals surface area contributed by atoms with E-state index in [1.807, 2.05) is 12.1 Å². The molecule has 1 N–H and O–H groups in total. The smallest absolute Gasteiger partial charge is 0.164 e. The molecule has 0 amide bonds. The summed E-state index contributed by atoms with van der Waals surface area (Å²) in [5.74, 6) is 1.54. The van der Waals surface area contributed by atoms with Crippen LogP contribution >= 0.6 is 11.3 Å². The van der Waals surface area contributed by atoms with Crippen LogP contribution in [0.15, 0.2) is 24.5 Å². The maximum atomic E-state index is 8.78.